The van der Waals surface area contributed by atoms with Gasteiger partial charge in [-0.05, 0) is 74.2 Å². The second-order valence-corrected chi connectivity index (χ2v) is 10.3. The van der Waals surface area contributed by atoms with Crippen LogP contribution >= 0.6 is 0 Å². The molecule has 1 amide bonds. The summed E-state index contributed by atoms with van der Waals surface area (Å²) in [7, 11) is 1.47. The van der Waals surface area contributed by atoms with Crippen LogP contribution in [0.2, 0.25) is 0 Å². The summed E-state index contributed by atoms with van der Waals surface area (Å²) in [5.74, 6) is 0.0739. The van der Waals surface area contributed by atoms with Crippen molar-refractivity contribution in [2.45, 2.75) is 77.6 Å². The van der Waals surface area contributed by atoms with Gasteiger partial charge in [-0.1, -0.05) is 12.0 Å². The number of fused-ring (bicyclic) bond motifs is 1. The summed E-state index contributed by atoms with van der Waals surface area (Å²) in [6.45, 7) is 6.47. The first kappa shape index (κ1) is 30.8. The number of aryl methyl sites for hydroxylation is 2. The molecule has 3 aromatic rings. The minimum absolute atomic E-state index is 0.0616. The fourth-order valence-electron chi connectivity index (χ4n) is 4.88. The maximum absolute atomic E-state index is 13.6. The fraction of sp³-hybridized carbons (Fsp3) is 0.500. The smallest absolute Gasteiger partial charge is 0.416 e. The Bertz CT molecular complexity index is 1420. The van der Waals surface area contributed by atoms with Crippen molar-refractivity contribution in [1.29, 1.82) is 0 Å². The van der Waals surface area contributed by atoms with Gasteiger partial charge in [0.1, 0.15) is 5.82 Å². The highest BCUT2D eigenvalue weighted by Gasteiger charge is 2.42. The molecule has 16 heteroatoms. The molecule has 1 aliphatic rings. The molecule has 2 atom stereocenters. The van der Waals surface area contributed by atoms with E-state index in [4.69, 9.17) is 10.5 Å². The SMILES string of the molecule is CC[C@H]1C[C@H](N(Cc2cc(C(F)(F)F)cc(C(F)(F)F)c2)c2nnn(C)n2)c2nc(N)c(C)cc2N1C(=O)OC(C)C. The van der Waals surface area contributed by atoms with E-state index in [0.29, 0.717) is 29.8 Å². The number of pyridine rings is 1. The van der Waals surface area contributed by atoms with Crippen LogP contribution in [0.1, 0.15) is 67.6 Å². The number of nitrogen functional groups attached to an aromatic ring is 1. The van der Waals surface area contributed by atoms with Crippen LogP contribution in [0.3, 0.4) is 0 Å². The number of alkyl halides is 6. The lowest BCUT2D eigenvalue weighted by molar-refractivity contribution is -0.143. The summed E-state index contributed by atoms with van der Waals surface area (Å²) < 4.78 is 87.4. The Labute approximate surface area is 237 Å². The molecular weight excluding hydrogens is 570 g/mol. The van der Waals surface area contributed by atoms with Crippen LogP contribution < -0.4 is 15.5 Å². The summed E-state index contributed by atoms with van der Waals surface area (Å²) in [4.78, 5) is 21.7. The Morgan fingerprint density at radius 3 is 2.24 bits per heavy atom. The highest BCUT2D eigenvalue weighted by Crippen LogP contribution is 2.44. The van der Waals surface area contributed by atoms with E-state index in [-0.39, 0.29) is 35.5 Å². The van der Waals surface area contributed by atoms with Crippen LogP contribution in [0.4, 0.5) is 48.6 Å². The highest BCUT2D eigenvalue weighted by atomic mass is 19.4. The van der Waals surface area contributed by atoms with Gasteiger partial charge in [0.25, 0.3) is 5.95 Å². The van der Waals surface area contributed by atoms with Gasteiger partial charge in [-0.3, -0.25) is 4.90 Å². The van der Waals surface area contributed by atoms with Crippen LogP contribution in [-0.2, 0) is 30.7 Å². The zero-order chi connectivity index (χ0) is 31.1. The van der Waals surface area contributed by atoms with Crippen molar-refractivity contribution in [3.63, 3.8) is 0 Å². The van der Waals surface area contributed by atoms with Gasteiger partial charge in [-0.25, -0.2) is 9.78 Å². The highest BCUT2D eigenvalue weighted by molar-refractivity contribution is 5.90. The molecule has 0 aliphatic carbocycles. The lowest BCUT2D eigenvalue weighted by Gasteiger charge is -2.43. The maximum Gasteiger partial charge on any atom is 0.416 e. The average molecular weight is 601 g/mol. The molecule has 0 unspecified atom stereocenters. The van der Waals surface area contributed by atoms with Gasteiger partial charge in [0.05, 0.1) is 41.7 Å². The summed E-state index contributed by atoms with van der Waals surface area (Å²) >= 11 is 0. The molecule has 0 radical (unpaired) electrons. The van der Waals surface area contributed by atoms with Crippen LogP contribution in [-0.4, -0.2) is 43.4 Å². The summed E-state index contributed by atoms with van der Waals surface area (Å²) in [5, 5.41) is 12.0. The van der Waals surface area contributed by atoms with Crippen molar-refractivity contribution >= 4 is 23.5 Å². The normalized spacial score (nSPS) is 17.4. The van der Waals surface area contributed by atoms with Crippen molar-refractivity contribution in [3.05, 3.63) is 52.2 Å². The number of anilines is 3. The van der Waals surface area contributed by atoms with Crippen LogP contribution in [0.25, 0.3) is 0 Å². The Hall–Kier alpha value is -4.11. The minimum atomic E-state index is -5.03. The number of amides is 1. The Morgan fingerprint density at radius 2 is 1.74 bits per heavy atom. The quantitative estimate of drug-likeness (QED) is 0.353. The van der Waals surface area contributed by atoms with Crippen molar-refractivity contribution in [2.75, 3.05) is 15.5 Å². The summed E-state index contributed by atoms with van der Waals surface area (Å²) in [6, 6.07) is 1.74. The van der Waals surface area contributed by atoms with E-state index in [1.807, 2.05) is 6.92 Å². The number of halogens is 6. The van der Waals surface area contributed by atoms with Gasteiger partial charge in [-0.2, -0.15) is 31.1 Å². The van der Waals surface area contributed by atoms with E-state index in [1.165, 1.54) is 16.8 Å². The molecule has 3 heterocycles. The van der Waals surface area contributed by atoms with Gasteiger partial charge in [0.15, 0.2) is 0 Å². The molecule has 228 valence electrons. The second-order valence-electron chi connectivity index (χ2n) is 10.3. The Kier molecular flexibility index (Phi) is 8.29. The van der Waals surface area contributed by atoms with Gasteiger partial charge >= 0.3 is 18.4 Å². The van der Waals surface area contributed by atoms with E-state index in [9.17, 15) is 31.1 Å². The van der Waals surface area contributed by atoms with Gasteiger partial charge < -0.3 is 15.4 Å². The molecule has 10 nitrogen and oxygen atoms in total. The van der Waals surface area contributed by atoms with Crippen LogP contribution in [0, 0.1) is 6.92 Å². The molecule has 2 N–H and O–H groups in total. The third kappa shape index (κ3) is 6.36. The van der Waals surface area contributed by atoms with E-state index < -0.39 is 54.3 Å². The number of carbonyl (C=O) groups excluding carboxylic acids is 1. The molecule has 0 saturated carbocycles. The second kappa shape index (κ2) is 11.3. The first-order chi connectivity index (χ1) is 19.5. The third-order valence-electron chi connectivity index (χ3n) is 6.83. The standard InChI is InChI=1S/C26H30F6N8O2/c1-6-18-11-19(21-20(7-14(4)22(33)34-21)40(18)24(41)42-13(2)3)39(23-35-37-38(5)36-23)12-15-8-16(25(27,28)29)10-17(9-15)26(30,31)32/h7-10,13,18-19H,6,11-12H2,1-5H3,(H2,33,34)/t18-,19-/m0/s1. The monoisotopic (exact) mass is 600 g/mol. The van der Waals surface area contributed by atoms with Crippen molar-refractivity contribution in [2.24, 2.45) is 7.05 Å². The van der Waals surface area contributed by atoms with E-state index in [0.717, 1.165) is 4.80 Å². The number of tetrazole rings is 1. The predicted octanol–water partition coefficient (Wildman–Crippen LogP) is 5.81. The largest absolute Gasteiger partial charge is 0.446 e. The first-order valence-corrected chi connectivity index (χ1v) is 13.0. The average Bonchev–Trinajstić information content (AvgIpc) is 3.31. The first-order valence-electron chi connectivity index (χ1n) is 13.0. The minimum Gasteiger partial charge on any atom is -0.446 e. The van der Waals surface area contributed by atoms with Crippen molar-refractivity contribution in [1.82, 2.24) is 25.2 Å². The Morgan fingerprint density at radius 1 is 1.12 bits per heavy atom. The molecule has 1 aliphatic heterocycles. The van der Waals surface area contributed by atoms with E-state index in [1.54, 1.807) is 26.8 Å². The predicted molar refractivity (Wildman–Crippen MR) is 140 cm³/mol. The molecule has 4 rings (SSSR count). The van der Waals surface area contributed by atoms with Crippen LogP contribution in [0.15, 0.2) is 24.3 Å². The fourth-order valence-corrected chi connectivity index (χ4v) is 4.88. The molecule has 1 aromatic carbocycles. The number of rotatable bonds is 6. The molecule has 0 fully saturated rings. The number of nitrogens with two attached hydrogens (primary N) is 1. The lowest BCUT2D eigenvalue weighted by Crippen LogP contribution is -2.49. The molecule has 0 bridgehead atoms. The zero-order valence-corrected chi connectivity index (χ0v) is 23.5. The van der Waals surface area contributed by atoms with Crippen molar-refractivity contribution < 1.29 is 35.9 Å². The zero-order valence-electron chi connectivity index (χ0n) is 23.5. The molecule has 0 spiro atoms. The maximum atomic E-state index is 13.6. The van der Waals surface area contributed by atoms with E-state index in [2.05, 4.69) is 20.4 Å². The number of aromatic nitrogens is 5. The van der Waals surface area contributed by atoms with Crippen molar-refractivity contribution in [3.8, 4) is 0 Å². The lowest BCUT2D eigenvalue weighted by atomic mass is 9.91. The van der Waals surface area contributed by atoms with Gasteiger partial charge in [0.2, 0.25) is 0 Å². The van der Waals surface area contributed by atoms with Crippen LogP contribution in [0.5, 0.6) is 0 Å². The topological polar surface area (TPSA) is 115 Å². The van der Waals surface area contributed by atoms with E-state index >= 15 is 0 Å². The number of ether oxygens (including phenoxy) is 1. The molecule has 2 aromatic heterocycles. The number of carbonyl (C=O) groups is 1. The number of benzene rings is 1. The molecule has 42 heavy (non-hydrogen) atoms. The molecular formula is C26H30F6N8O2. The summed E-state index contributed by atoms with van der Waals surface area (Å²) in [5.41, 5.74) is 4.13. The van der Waals surface area contributed by atoms with Gasteiger partial charge in [0, 0.05) is 12.6 Å². The summed E-state index contributed by atoms with van der Waals surface area (Å²) in [6.07, 6.45) is -10.5. The third-order valence-corrected chi connectivity index (χ3v) is 6.83. The number of nitrogens with zero attached hydrogens (tertiary/aromatic N) is 7. The van der Waals surface area contributed by atoms with Gasteiger partial charge in [-0.15, -0.1) is 5.10 Å². The number of hydrogen-bond acceptors (Lipinski definition) is 8. The number of hydrogen-bond donors (Lipinski definition) is 1. The molecule has 0 saturated heterocycles. The Balaban J connectivity index is 1.90.